The average Bonchev–Trinajstić information content (AvgIpc) is 2.55. The minimum Gasteiger partial charge on any atom is -0.0654 e. The number of hydrogen-bond donors (Lipinski definition) is 0. The van der Waals surface area contributed by atoms with Crippen LogP contribution in [0.25, 0.3) is 0 Å². The molecule has 0 saturated carbocycles. The van der Waals surface area contributed by atoms with Crippen LogP contribution in [0.3, 0.4) is 0 Å². The van der Waals surface area contributed by atoms with Crippen molar-refractivity contribution in [3.8, 4) is 0 Å². The first-order chi connectivity index (χ1) is 10.8. The summed E-state index contributed by atoms with van der Waals surface area (Å²) in [7, 11) is 0. The molecule has 1 radical (unpaired) electrons. The molecule has 0 amide bonds. The summed E-state index contributed by atoms with van der Waals surface area (Å²) in [5, 5.41) is 0. The molecule has 0 unspecified atom stereocenters. The SMILES string of the molecule is CCCCc1[c]cc(CCCC)c(CCCC)c1CCCC. The smallest absolute Gasteiger partial charge is 0.0143 e. The van der Waals surface area contributed by atoms with Gasteiger partial charge in [0.2, 0.25) is 0 Å². The van der Waals surface area contributed by atoms with Crippen molar-refractivity contribution in [1.82, 2.24) is 0 Å². The number of hydrogen-bond acceptors (Lipinski definition) is 0. The first-order valence-electron chi connectivity index (χ1n) is 9.82. The standard InChI is InChI=1S/C22H37/c1-5-9-13-19-17-18-20(14-10-6-2)22(16-12-8-4)21(19)15-11-7-3/h17H,5-16H2,1-4H3. The van der Waals surface area contributed by atoms with Crippen LogP contribution in [-0.4, -0.2) is 0 Å². The van der Waals surface area contributed by atoms with Gasteiger partial charge in [-0.1, -0.05) is 59.4 Å². The van der Waals surface area contributed by atoms with E-state index in [2.05, 4.69) is 39.8 Å². The second-order valence-corrected chi connectivity index (χ2v) is 6.66. The molecule has 1 rings (SSSR count). The largest absolute Gasteiger partial charge is 0.0654 e. The Hall–Kier alpha value is -0.780. The van der Waals surface area contributed by atoms with E-state index >= 15 is 0 Å². The van der Waals surface area contributed by atoms with E-state index in [-0.39, 0.29) is 0 Å². The summed E-state index contributed by atoms with van der Waals surface area (Å²) in [4.78, 5) is 0. The van der Waals surface area contributed by atoms with E-state index in [4.69, 9.17) is 0 Å². The molecule has 0 aromatic heterocycles. The van der Waals surface area contributed by atoms with Crippen molar-refractivity contribution in [2.24, 2.45) is 0 Å². The van der Waals surface area contributed by atoms with E-state index in [1.165, 1.54) is 82.6 Å². The van der Waals surface area contributed by atoms with Gasteiger partial charge in [0.25, 0.3) is 0 Å². The van der Waals surface area contributed by atoms with Crippen molar-refractivity contribution in [3.63, 3.8) is 0 Å². The van der Waals surface area contributed by atoms with Crippen LogP contribution in [0.15, 0.2) is 6.07 Å². The summed E-state index contributed by atoms with van der Waals surface area (Å²) in [5.74, 6) is 0. The summed E-state index contributed by atoms with van der Waals surface area (Å²) in [5.41, 5.74) is 6.51. The number of rotatable bonds is 12. The van der Waals surface area contributed by atoms with Crippen LogP contribution in [0.1, 0.15) is 101 Å². The number of aryl methyl sites for hydroxylation is 2. The molecule has 0 atom stereocenters. The maximum Gasteiger partial charge on any atom is -0.0143 e. The van der Waals surface area contributed by atoms with Gasteiger partial charge in [-0.15, -0.1) is 0 Å². The normalized spacial score (nSPS) is 11.1. The van der Waals surface area contributed by atoms with Crippen LogP contribution in [0, 0.1) is 6.07 Å². The monoisotopic (exact) mass is 301 g/mol. The zero-order valence-corrected chi connectivity index (χ0v) is 15.6. The molecule has 0 aliphatic carbocycles. The predicted molar refractivity (Wildman–Crippen MR) is 99.7 cm³/mol. The fourth-order valence-corrected chi connectivity index (χ4v) is 3.21. The van der Waals surface area contributed by atoms with Gasteiger partial charge in [-0.25, -0.2) is 0 Å². The maximum absolute atomic E-state index is 3.68. The highest BCUT2D eigenvalue weighted by atomic mass is 14.2. The molecular formula is C22H37. The van der Waals surface area contributed by atoms with E-state index in [9.17, 15) is 0 Å². The first kappa shape index (κ1) is 19.3. The molecular weight excluding hydrogens is 264 g/mol. The van der Waals surface area contributed by atoms with Gasteiger partial charge in [0.1, 0.15) is 0 Å². The molecule has 125 valence electrons. The summed E-state index contributed by atoms with van der Waals surface area (Å²) in [6.07, 6.45) is 15.4. The quantitative estimate of drug-likeness (QED) is 0.395. The van der Waals surface area contributed by atoms with Gasteiger partial charge in [0.05, 0.1) is 0 Å². The second kappa shape index (κ2) is 11.7. The van der Waals surface area contributed by atoms with Crippen LogP contribution in [0.2, 0.25) is 0 Å². The van der Waals surface area contributed by atoms with Crippen LogP contribution in [0.4, 0.5) is 0 Å². The molecule has 0 N–H and O–H groups in total. The Morgan fingerprint density at radius 2 is 1.14 bits per heavy atom. The van der Waals surface area contributed by atoms with Gasteiger partial charge >= 0.3 is 0 Å². The Balaban J connectivity index is 3.11. The zero-order chi connectivity index (χ0) is 16.2. The van der Waals surface area contributed by atoms with Crippen LogP contribution in [0.5, 0.6) is 0 Å². The van der Waals surface area contributed by atoms with Crippen LogP contribution >= 0.6 is 0 Å². The van der Waals surface area contributed by atoms with Gasteiger partial charge in [-0.2, -0.15) is 0 Å². The van der Waals surface area contributed by atoms with Crippen molar-refractivity contribution in [1.29, 1.82) is 0 Å². The molecule has 1 aromatic rings. The van der Waals surface area contributed by atoms with Crippen molar-refractivity contribution in [3.05, 3.63) is 34.4 Å². The molecule has 0 aliphatic heterocycles. The molecule has 0 nitrogen and oxygen atoms in total. The summed E-state index contributed by atoms with van der Waals surface area (Å²) in [6, 6.07) is 6.01. The molecule has 0 aliphatic rings. The Morgan fingerprint density at radius 3 is 1.73 bits per heavy atom. The number of unbranched alkanes of at least 4 members (excludes halogenated alkanes) is 4. The second-order valence-electron chi connectivity index (χ2n) is 6.66. The third kappa shape index (κ3) is 6.15. The predicted octanol–water partition coefficient (Wildman–Crippen LogP) is 6.86. The Kier molecular flexibility index (Phi) is 10.3. The molecule has 0 saturated heterocycles. The molecule has 0 heterocycles. The van der Waals surface area contributed by atoms with Crippen molar-refractivity contribution in [2.75, 3.05) is 0 Å². The molecule has 0 heteroatoms. The minimum absolute atomic E-state index is 1.22. The van der Waals surface area contributed by atoms with E-state index < -0.39 is 0 Å². The van der Waals surface area contributed by atoms with Gasteiger partial charge in [0.15, 0.2) is 0 Å². The van der Waals surface area contributed by atoms with Crippen molar-refractivity contribution in [2.45, 2.75) is 105 Å². The Labute approximate surface area is 139 Å². The maximum atomic E-state index is 3.68. The minimum atomic E-state index is 1.22. The lowest BCUT2D eigenvalue weighted by Gasteiger charge is -2.19. The van der Waals surface area contributed by atoms with E-state index in [0.29, 0.717) is 0 Å². The number of benzene rings is 1. The molecule has 0 bridgehead atoms. The Bertz CT molecular complexity index is 364. The van der Waals surface area contributed by atoms with E-state index in [1.807, 2.05) is 0 Å². The molecule has 0 fully saturated rings. The van der Waals surface area contributed by atoms with E-state index in [1.54, 1.807) is 16.7 Å². The molecule has 22 heavy (non-hydrogen) atoms. The highest BCUT2D eigenvalue weighted by Crippen LogP contribution is 2.26. The van der Waals surface area contributed by atoms with Crippen LogP contribution in [-0.2, 0) is 25.7 Å². The first-order valence-corrected chi connectivity index (χ1v) is 9.82. The van der Waals surface area contributed by atoms with Crippen LogP contribution < -0.4 is 0 Å². The van der Waals surface area contributed by atoms with Gasteiger partial charge in [-0.3, -0.25) is 0 Å². The lowest BCUT2D eigenvalue weighted by Crippen LogP contribution is -2.06. The van der Waals surface area contributed by atoms with E-state index in [0.717, 1.165) is 0 Å². The summed E-state index contributed by atoms with van der Waals surface area (Å²) < 4.78 is 0. The summed E-state index contributed by atoms with van der Waals surface area (Å²) >= 11 is 0. The highest BCUT2D eigenvalue weighted by molar-refractivity contribution is 5.41. The van der Waals surface area contributed by atoms with Gasteiger partial charge in [-0.05, 0) is 79.7 Å². The third-order valence-electron chi connectivity index (χ3n) is 4.68. The Morgan fingerprint density at radius 1 is 0.636 bits per heavy atom. The van der Waals surface area contributed by atoms with Gasteiger partial charge in [0, 0.05) is 0 Å². The van der Waals surface area contributed by atoms with Gasteiger partial charge < -0.3 is 0 Å². The lowest BCUT2D eigenvalue weighted by molar-refractivity contribution is 0.718. The fraction of sp³-hybridized carbons (Fsp3) is 0.727. The zero-order valence-electron chi connectivity index (χ0n) is 15.6. The lowest BCUT2D eigenvalue weighted by atomic mass is 9.86. The fourth-order valence-electron chi connectivity index (χ4n) is 3.21. The highest BCUT2D eigenvalue weighted by Gasteiger charge is 2.13. The topological polar surface area (TPSA) is 0 Å². The van der Waals surface area contributed by atoms with Crippen molar-refractivity contribution < 1.29 is 0 Å². The molecule has 1 aromatic carbocycles. The third-order valence-corrected chi connectivity index (χ3v) is 4.68. The summed E-state index contributed by atoms with van der Waals surface area (Å²) in [6.45, 7) is 9.20. The molecule has 0 spiro atoms. The average molecular weight is 302 g/mol. The van der Waals surface area contributed by atoms with Crippen molar-refractivity contribution >= 4 is 0 Å².